The molecule has 5 heteroatoms. The number of pyridine rings is 1. The third-order valence-electron chi connectivity index (χ3n) is 4.35. The maximum atomic E-state index is 11.2. The number of rotatable bonds is 2. The fourth-order valence-corrected chi connectivity index (χ4v) is 3.30. The minimum atomic E-state index is -0.715. The van der Waals surface area contributed by atoms with Gasteiger partial charge in [0.1, 0.15) is 11.3 Å². The molecule has 22 heavy (non-hydrogen) atoms. The fourth-order valence-electron chi connectivity index (χ4n) is 3.30. The van der Waals surface area contributed by atoms with Crippen LogP contribution in [0.4, 0.5) is 0 Å². The number of carboxylic acid groups (broad SMARTS) is 1. The molecule has 1 unspecified atom stereocenters. The summed E-state index contributed by atoms with van der Waals surface area (Å²) in [6.07, 6.45) is 4.74. The molecule has 1 N–H and O–H groups in total. The van der Waals surface area contributed by atoms with Crippen LogP contribution in [0.1, 0.15) is 17.0 Å². The number of carbonyl (C=O) groups is 1. The van der Waals surface area contributed by atoms with Gasteiger partial charge >= 0.3 is 5.97 Å². The number of benzene rings is 1. The van der Waals surface area contributed by atoms with E-state index >= 15 is 0 Å². The van der Waals surface area contributed by atoms with E-state index in [0.717, 1.165) is 33.7 Å². The smallest absolute Gasteiger partial charge is 0.307 e. The van der Waals surface area contributed by atoms with Gasteiger partial charge in [-0.3, -0.25) is 14.3 Å². The lowest BCUT2D eigenvalue weighted by molar-refractivity contribution is -0.141. The average Bonchev–Trinajstić information content (AvgIpc) is 3.06. The van der Waals surface area contributed by atoms with Crippen molar-refractivity contribution < 1.29 is 9.90 Å². The Morgan fingerprint density at radius 2 is 2.09 bits per heavy atom. The van der Waals surface area contributed by atoms with Crippen LogP contribution in [0.5, 0.6) is 0 Å². The van der Waals surface area contributed by atoms with E-state index in [9.17, 15) is 9.90 Å². The summed E-state index contributed by atoms with van der Waals surface area (Å²) in [4.78, 5) is 19.8. The molecule has 1 aromatic carbocycles. The first kappa shape index (κ1) is 13.0. The van der Waals surface area contributed by atoms with Gasteiger partial charge < -0.3 is 5.11 Å². The highest BCUT2D eigenvalue weighted by molar-refractivity contribution is 5.77. The second kappa shape index (κ2) is 4.66. The molecule has 0 fully saturated rings. The number of nitrogens with zero attached hydrogens (tertiary/aromatic N) is 3. The van der Waals surface area contributed by atoms with Gasteiger partial charge in [-0.2, -0.15) is 0 Å². The van der Waals surface area contributed by atoms with Crippen LogP contribution in [-0.4, -0.2) is 25.6 Å². The zero-order chi connectivity index (χ0) is 15.3. The van der Waals surface area contributed by atoms with Gasteiger partial charge in [-0.25, -0.2) is 4.98 Å². The Balaban J connectivity index is 1.83. The van der Waals surface area contributed by atoms with E-state index in [1.807, 2.05) is 25.1 Å². The number of hydrogen-bond acceptors (Lipinski definition) is 3. The van der Waals surface area contributed by atoms with Gasteiger partial charge in [-0.1, -0.05) is 6.07 Å². The molecule has 5 nitrogen and oxygen atoms in total. The summed E-state index contributed by atoms with van der Waals surface area (Å²) in [5, 5.41) is 9.20. The lowest BCUT2D eigenvalue weighted by atomic mass is 10.1. The highest BCUT2D eigenvalue weighted by atomic mass is 16.4. The summed E-state index contributed by atoms with van der Waals surface area (Å²) in [7, 11) is 0. The standard InChI is InChI=1S/C17H15N3O2/c1-10-19-15-9-18-5-4-16(15)20(10)14-3-2-11-6-13(17(21)22)7-12(11)8-14/h2-5,8-9,13H,6-7H2,1H3,(H,21,22). The molecule has 0 bridgehead atoms. The van der Waals surface area contributed by atoms with Crippen molar-refractivity contribution in [3.63, 3.8) is 0 Å². The molecule has 1 aliphatic rings. The number of aromatic nitrogens is 3. The lowest BCUT2D eigenvalue weighted by Gasteiger charge is -2.09. The average molecular weight is 293 g/mol. The van der Waals surface area contributed by atoms with Crippen LogP contribution in [0, 0.1) is 12.8 Å². The largest absolute Gasteiger partial charge is 0.481 e. The van der Waals surface area contributed by atoms with Crippen LogP contribution >= 0.6 is 0 Å². The first-order valence-electron chi connectivity index (χ1n) is 7.27. The lowest BCUT2D eigenvalue weighted by Crippen LogP contribution is -2.12. The maximum Gasteiger partial charge on any atom is 0.307 e. The number of hydrogen-bond donors (Lipinski definition) is 1. The molecule has 0 spiro atoms. The van der Waals surface area contributed by atoms with E-state index in [2.05, 4.69) is 20.6 Å². The minimum Gasteiger partial charge on any atom is -0.481 e. The quantitative estimate of drug-likeness (QED) is 0.788. The van der Waals surface area contributed by atoms with Crippen molar-refractivity contribution in [3.05, 3.63) is 53.6 Å². The summed E-state index contributed by atoms with van der Waals surface area (Å²) in [5.74, 6) is -0.112. The van der Waals surface area contributed by atoms with Gasteiger partial charge in [0.25, 0.3) is 0 Å². The van der Waals surface area contributed by atoms with E-state index < -0.39 is 5.97 Å². The first-order chi connectivity index (χ1) is 10.6. The SMILES string of the molecule is Cc1nc2cnccc2n1-c1ccc2c(c1)CC(C(=O)O)C2. The Bertz CT molecular complexity index is 898. The van der Waals surface area contributed by atoms with E-state index in [-0.39, 0.29) is 5.92 Å². The highest BCUT2D eigenvalue weighted by Gasteiger charge is 2.27. The Labute approximate surface area is 127 Å². The van der Waals surface area contributed by atoms with Crippen molar-refractivity contribution in [1.82, 2.24) is 14.5 Å². The van der Waals surface area contributed by atoms with Crippen molar-refractivity contribution in [3.8, 4) is 5.69 Å². The molecule has 2 heterocycles. The Hall–Kier alpha value is -2.69. The molecule has 3 aromatic rings. The summed E-state index contributed by atoms with van der Waals surface area (Å²) >= 11 is 0. The van der Waals surface area contributed by atoms with Crippen molar-refractivity contribution in [2.45, 2.75) is 19.8 Å². The van der Waals surface area contributed by atoms with E-state index in [1.165, 1.54) is 0 Å². The summed E-state index contributed by atoms with van der Waals surface area (Å²) in [6, 6.07) is 8.12. The van der Waals surface area contributed by atoms with E-state index in [0.29, 0.717) is 12.8 Å². The molecule has 110 valence electrons. The molecule has 2 aromatic heterocycles. The third kappa shape index (κ3) is 1.89. The predicted molar refractivity (Wildman–Crippen MR) is 82.1 cm³/mol. The molecule has 0 amide bonds. The molecule has 0 saturated carbocycles. The molecule has 1 aliphatic carbocycles. The van der Waals surface area contributed by atoms with E-state index in [4.69, 9.17) is 0 Å². The van der Waals surface area contributed by atoms with Crippen molar-refractivity contribution in [2.24, 2.45) is 5.92 Å². The molecule has 4 rings (SSSR count). The van der Waals surface area contributed by atoms with Gasteiger partial charge in [0.15, 0.2) is 0 Å². The highest BCUT2D eigenvalue weighted by Crippen LogP contribution is 2.30. The molecule has 0 radical (unpaired) electrons. The molecule has 1 atom stereocenters. The predicted octanol–water partition coefficient (Wildman–Crippen LogP) is 2.53. The van der Waals surface area contributed by atoms with Crippen LogP contribution in [0.25, 0.3) is 16.7 Å². The van der Waals surface area contributed by atoms with Crippen LogP contribution in [0.15, 0.2) is 36.7 Å². The molecule has 0 aliphatic heterocycles. The Morgan fingerprint density at radius 1 is 1.27 bits per heavy atom. The second-order valence-corrected chi connectivity index (χ2v) is 5.76. The molecular weight excluding hydrogens is 278 g/mol. The van der Waals surface area contributed by atoms with Crippen molar-refractivity contribution in [2.75, 3.05) is 0 Å². The first-order valence-corrected chi connectivity index (χ1v) is 7.27. The van der Waals surface area contributed by atoms with Gasteiger partial charge in [0.05, 0.1) is 17.6 Å². The van der Waals surface area contributed by atoms with Crippen molar-refractivity contribution in [1.29, 1.82) is 0 Å². The van der Waals surface area contributed by atoms with Crippen LogP contribution in [0.2, 0.25) is 0 Å². The van der Waals surface area contributed by atoms with Crippen LogP contribution in [0.3, 0.4) is 0 Å². The Morgan fingerprint density at radius 3 is 2.91 bits per heavy atom. The number of imidazole rings is 1. The van der Waals surface area contributed by atoms with Crippen LogP contribution < -0.4 is 0 Å². The maximum absolute atomic E-state index is 11.2. The zero-order valence-electron chi connectivity index (χ0n) is 12.2. The van der Waals surface area contributed by atoms with Gasteiger partial charge in [-0.05, 0) is 49.1 Å². The van der Waals surface area contributed by atoms with Gasteiger partial charge in [0, 0.05) is 11.9 Å². The van der Waals surface area contributed by atoms with E-state index in [1.54, 1.807) is 12.4 Å². The number of aryl methyl sites for hydroxylation is 1. The molecule has 0 saturated heterocycles. The normalized spacial score (nSPS) is 16.9. The number of fused-ring (bicyclic) bond motifs is 2. The third-order valence-corrected chi connectivity index (χ3v) is 4.35. The summed E-state index contributed by atoms with van der Waals surface area (Å²) < 4.78 is 2.09. The molecular formula is C17H15N3O2. The number of carboxylic acids is 1. The zero-order valence-corrected chi connectivity index (χ0v) is 12.2. The second-order valence-electron chi connectivity index (χ2n) is 5.76. The minimum absolute atomic E-state index is 0.296. The summed E-state index contributed by atoms with van der Waals surface area (Å²) in [5.41, 5.74) is 5.17. The van der Waals surface area contributed by atoms with Gasteiger partial charge in [-0.15, -0.1) is 0 Å². The summed E-state index contributed by atoms with van der Waals surface area (Å²) in [6.45, 7) is 1.97. The fraction of sp³-hybridized carbons (Fsp3) is 0.235. The van der Waals surface area contributed by atoms with Gasteiger partial charge in [0.2, 0.25) is 0 Å². The monoisotopic (exact) mass is 293 g/mol. The van der Waals surface area contributed by atoms with Crippen molar-refractivity contribution >= 4 is 17.0 Å². The van der Waals surface area contributed by atoms with Crippen LogP contribution in [-0.2, 0) is 17.6 Å². The Kier molecular flexibility index (Phi) is 2.76. The number of aliphatic carboxylic acids is 1. The topological polar surface area (TPSA) is 68.0 Å².